The molecule has 0 aromatic rings. The minimum Gasteiger partial charge on any atom is -0.463 e. The fraction of sp³-hybridized carbons (Fsp3) is 0.929. The first-order valence-corrected chi connectivity index (χ1v) is 38.5. The highest BCUT2D eigenvalue weighted by Crippen LogP contribution is 2.49. The molecule has 0 radical (unpaired) electrons. The molecule has 11 N–H and O–H groups in total. The third-order valence-electron chi connectivity index (χ3n) is 18.3. The van der Waals surface area contributed by atoms with Crippen molar-refractivity contribution in [2.45, 2.75) is 388 Å². The van der Waals surface area contributed by atoms with Gasteiger partial charge in [0.25, 0.3) is 0 Å². The Kier molecular flexibility index (Phi) is 48.2. The number of aliphatic hydroxyl groups excluding tert-OH is 10. The molecule has 558 valence electrons. The molecule has 24 nitrogen and oxygen atoms in total. The maximum atomic E-state index is 14.3. The lowest BCUT2D eigenvalue weighted by atomic mass is 9.84. The molecule has 0 bridgehead atoms. The van der Waals surface area contributed by atoms with E-state index in [0.29, 0.717) is 25.7 Å². The molecule has 3 fully saturated rings. The number of phosphoric acid groups is 1. The molecule has 18 unspecified atom stereocenters. The Labute approximate surface area is 567 Å². The smallest absolute Gasteiger partial charge is 0.463 e. The molecule has 1 saturated carbocycles. The fourth-order valence-corrected chi connectivity index (χ4v) is 13.2. The van der Waals surface area contributed by atoms with Gasteiger partial charge in [0.1, 0.15) is 98.7 Å². The molecule has 2 saturated heterocycles. The summed E-state index contributed by atoms with van der Waals surface area (Å²) in [6.45, 7) is 3.41. The van der Waals surface area contributed by atoms with Gasteiger partial charge in [-0.05, 0) is 44.9 Å². The molecular weight excluding hydrogens is 1260 g/mol. The quantitative estimate of drug-likeness (QED) is 0.00887. The van der Waals surface area contributed by atoms with Gasteiger partial charge in [0.05, 0.1) is 13.2 Å². The lowest BCUT2D eigenvalue weighted by Crippen LogP contribution is -2.69. The highest BCUT2D eigenvalue weighted by Gasteiger charge is 2.58. The van der Waals surface area contributed by atoms with E-state index in [1.165, 1.54) is 128 Å². The average Bonchev–Trinajstić information content (AvgIpc) is 0.764. The highest BCUT2D eigenvalue weighted by molar-refractivity contribution is 7.47. The molecule has 1 aliphatic carbocycles. The van der Waals surface area contributed by atoms with E-state index in [9.17, 15) is 74.9 Å². The summed E-state index contributed by atoms with van der Waals surface area (Å²) in [5, 5.41) is 110. The maximum Gasteiger partial charge on any atom is 0.472 e. The number of unbranched alkanes of at least 4 members (excludes halogenated alkanes) is 34. The van der Waals surface area contributed by atoms with E-state index in [4.69, 9.17) is 42.2 Å². The summed E-state index contributed by atoms with van der Waals surface area (Å²) >= 11 is 0. The Morgan fingerprint density at radius 1 is 0.400 bits per heavy atom. The number of phosphoric ester groups is 1. The van der Waals surface area contributed by atoms with Gasteiger partial charge in [-0.3, -0.25) is 23.4 Å². The van der Waals surface area contributed by atoms with Crippen LogP contribution in [-0.4, -0.2) is 204 Å². The molecule has 25 heteroatoms. The Hall–Kier alpha value is -2.30. The van der Waals surface area contributed by atoms with Crippen LogP contribution in [0.3, 0.4) is 0 Å². The number of aliphatic hydroxyl groups is 10. The number of ether oxygens (including phenoxy) is 7. The molecule has 0 amide bonds. The van der Waals surface area contributed by atoms with Crippen LogP contribution in [0.15, 0.2) is 12.2 Å². The molecule has 2 heterocycles. The van der Waals surface area contributed by atoms with Crippen molar-refractivity contribution in [1.82, 2.24) is 0 Å². The van der Waals surface area contributed by atoms with Gasteiger partial charge in [-0.1, -0.05) is 232 Å². The van der Waals surface area contributed by atoms with E-state index in [1.807, 2.05) is 0 Å². The first-order chi connectivity index (χ1) is 45.8. The normalized spacial score (nSPS) is 28.1. The summed E-state index contributed by atoms with van der Waals surface area (Å²) in [6, 6.07) is 0. The molecule has 2 aliphatic heterocycles. The van der Waals surface area contributed by atoms with Gasteiger partial charge in [0.15, 0.2) is 18.7 Å². The van der Waals surface area contributed by atoms with Crippen LogP contribution in [0.1, 0.15) is 284 Å². The SMILES string of the molecule is CCCCCCCC/C=C\CCCCCC(=O)OC(COC(=O)CCCCCCCCCCCCC)COP(=O)(O)OC1C(OC2OC(CO)C(O)C(O)C2O)C(O)C(O)C(O)C1OC1OC(COC(=O)CCCCCCCCCCCCCCCCCC)C(O)C(O)C1O. The first-order valence-electron chi connectivity index (χ1n) is 37.0. The van der Waals surface area contributed by atoms with E-state index < -0.39 is 156 Å². The third-order valence-corrected chi connectivity index (χ3v) is 19.3. The second-order valence-electron chi connectivity index (χ2n) is 26.7. The van der Waals surface area contributed by atoms with Crippen molar-refractivity contribution < 1.29 is 117 Å². The van der Waals surface area contributed by atoms with Crippen molar-refractivity contribution in [2.24, 2.45) is 0 Å². The second-order valence-corrected chi connectivity index (χ2v) is 28.1. The zero-order valence-corrected chi connectivity index (χ0v) is 58.9. The van der Waals surface area contributed by atoms with Crippen LogP contribution in [0.25, 0.3) is 0 Å². The van der Waals surface area contributed by atoms with Crippen molar-refractivity contribution in [3.63, 3.8) is 0 Å². The van der Waals surface area contributed by atoms with Crippen LogP contribution in [0.2, 0.25) is 0 Å². The zero-order chi connectivity index (χ0) is 69.6. The zero-order valence-electron chi connectivity index (χ0n) is 58.0. The highest BCUT2D eigenvalue weighted by atomic mass is 31.2. The second kappa shape index (κ2) is 52.6. The Bertz CT molecular complexity index is 2020. The number of hydrogen-bond donors (Lipinski definition) is 11. The number of carbonyl (C=O) groups excluding carboxylic acids is 3. The summed E-state index contributed by atoms with van der Waals surface area (Å²) in [5.74, 6) is -2.00. The minimum atomic E-state index is -5.69. The van der Waals surface area contributed by atoms with E-state index in [0.717, 1.165) is 89.9 Å². The van der Waals surface area contributed by atoms with Gasteiger partial charge in [0, 0.05) is 19.3 Å². The topological polar surface area (TPSA) is 374 Å². The number of hydrogen-bond acceptors (Lipinski definition) is 23. The number of carbonyl (C=O) groups is 3. The molecule has 18 atom stereocenters. The molecule has 0 spiro atoms. The third kappa shape index (κ3) is 36.2. The maximum absolute atomic E-state index is 14.3. The van der Waals surface area contributed by atoms with Crippen LogP contribution in [-0.2, 0) is 61.2 Å². The summed E-state index contributed by atoms with van der Waals surface area (Å²) in [4.78, 5) is 50.9. The van der Waals surface area contributed by atoms with Gasteiger partial charge in [-0.25, -0.2) is 4.57 Å². The van der Waals surface area contributed by atoms with Crippen molar-refractivity contribution in [2.75, 3.05) is 26.4 Å². The van der Waals surface area contributed by atoms with E-state index in [-0.39, 0.29) is 19.3 Å². The van der Waals surface area contributed by atoms with Gasteiger partial charge >= 0.3 is 25.7 Å². The van der Waals surface area contributed by atoms with Crippen molar-refractivity contribution >= 4 is 25.7 Å². The monoisotopic (exact) mass is 1380 g/mol. The Balaban J connectivity index is 1.73. The first kappa shape index (κ1) is 86.9. The summed E-state index contributed by atoms with van der Waals surface area (Å²) in [7, 11) is -5.69. The van der Waals surface area contributed by atoms with Gasteiger partial charge in [-0.2, -0.15) is 0 Å². The average molecular weight is 1390 g/mol. The van der Waals surface area contributed by atoms with E-state index in [2.05, 4.69) is 32.9 Å². The summed E-state index contributed by atoms with van der Waals surface area (Å²) in [6.07, 6.45) is 10.1. The van der Waals surface area contributed by atoms with E-state index in [1.54, 1.807) is 0 Å². The predicted octanol–water partition coefficient (Wildman–Crippen LogP) is 9.57. The summed E-state index contributed by atoms with van der Waals surface area (Å²) in [5.41, 5.74) is 0. The van der Waals surface area contributed by atoms with Crippen LogP contribution in [0.5, 0.6) is 0 Å². The van der Waals surface area contributed by atoms with Gasteiger partial charge < -0.3 is 89.1 Å². The largest absolute Gasteiger partial charge is 0.472 e. The minimum absolute atomic E-state index is 0.0322. The Morgan fingerprint density at radius 2 is 0.737 bits per heavy atom. The predicted molar refractivity (Wildman–Crippen MR) is 356 cm³/mol. The lowest BCUT2D eigenvalue weighted by Gasteiger charge is -2.49. The number of esters is 3. The molecule has 0 aromatic carbocycles. The number of allylic oxidation sites excluding steroid dienone is 2. The number of rotatable bonds is 57. The molecule has 95 heavy (non-hydrogen) atoms. The Morgan fingerprint density at radius 3 is 1.15 bits per heavy atom. The fourth-order valence-electron chi connectivity index (χ4n) is 12.2. The molecule has 3 rings (SSSR count). The van der Waals surface area contributed by atoms with Crippen LogP contribution in [0.4, 0.5) is 0 Å². The lowest BCUT2D eigenvalue weighted by molar-refractivity contribution is -0.360. The van der Waals surface area contributed by atoms with Crippen LogP contribution >= 0.6 is 7.82 Å². The molecular formula is C70H129O24P. The molecule has 3 aliphatic rings. The van der Waals surface area contributed by atoms with Gasteiger partial charge in [0.2, 0.25) is 0 Å². The van der Waals surface area contributed by atoms with E-state index >= 15 is 0 Å². The van der Waals surface area contributed by atoms with Crippen molar-refractivity contribution in [3.05, 3.63) is 12.2 Å². The van der Waals surface area contributed by atoms with Gasteiger partial charge in [-0.15, -0.1) is 0 Å². The van der Waals surface area contributed by atoms with Crippen LogP contribution < -0.4 is 0 Å². The van der Waals surface area contributed by atoms with Crippen LogP contribution in [0, 0.1) is 0 Å². The van der Waals surface area contributed by atoms with Crippen molar-refractivity contribution in [1.29, 1.82) is 0 Å². The summed E-state index contributed by atoms with van der Waals surface area (Å²) < 4.78 is 64.9. The van der Waals surface area contributed by atoms with Crippen molar-refractivity contribution in [3.8, 4) is 0 Å². The standard InChI is InChI=1S/C70H129O24P/c1-4-7-10-13-16-19-22-24-25-26-28-30-33-36-39-42-45-55(73)87-50-53-58(76)60(78)65(83)70(91-53)93-67-63(81)61(79)62(80)66(92-69-64(82)59(77)57(75)52(47-71)90-69)68(67)94-95(84,85)88-49-51(48-86-54(72)44-41-38-35-32-29-21-18-15-12-9-6-3)89-56(74)46-43-40-37-34-31-27-23-20-17-14-11-8-5-2/h27,31,51-53,57-71,75-83H,4-26,28-30,32-50H2,1-3H3,(H,84,85)/b31-27-. The molecule has 0 aromatic heterocycles.